The standard InChI is InChI=1S/C19H37N3O4S/c1-12(2)17(14(4)23)21-16(24)10-9-15(20-8)18(25)22-27-13(3)11-26-19(5,6)7/h12-13,15,17,20H,9-11H2,1-8H3,(H,21,24)(H,22,25). The maximum absolute atomic E-state index is 12.3. The van der Waals surface area contributed by atoms with Gasteiger partial charge in [0.2, 0.25) is 11.8 Å². The summed E-state index contributed by atoms with van der Waals surface area (Å²) < 4.78 is 8.52. The molecule has 0 bridgehead atoms. The first-order valence-electron chi connectivity index (χ1n) is 9.44. The Balaban J connectivity index is 4.37. The van der Waals surface area contributed by atoms with Crippen LogP contribution in [0.3, 0.4) is 0 Å². The predicted molar refractivity (Wildman–Crippen MR) is 110 cm³/mol. The van der Waals surface area contributed by atoms with Gasteiger partial charge in [-0.05, 0) is 66.0 Å². The number of carbonyl (C=O) groups excluding carboxylic acids is 3. The molecular weight excluding hydrogens is 366 g/mol. The van der Waals surface area contributed by atoms with Gasteiger partial charge in [0.1, 0.15) is 0 Å². The first kappa shape index (κ1) is 25.9. The number of rotatable bonds is 12. The number of likely N-dealkylation sites (N-methyl/N-ethyl adjacent to an activating group) is 1. The molecule has 0 aromatic heterocycles. The molecule has 0 aliphatic carbocycles. The summed E-state index contributed by atoms with van der Waals surface area (Å²) in [4.78, 5) is 36.0. The highest BCUT2D eigenvalue weighted by Gasteiger charge is 2.23. The lowest BCUT2D eigenvalue weighted by Crippen LogP contribution is -2.45. The molecule has 0 aromatic rings. The molecular formula is C19H37N3O4S. The minimum atomic E-state index is -0.487. The second-order valence-electron chi connectivity index (χ2n) is 8.10. The van der Waals surface area contributed by atoms with E-state index in [0.29, 0.717) is 13.0 Å². The Morgan fingerprint density at radius 3 is 2.15 bits per heavy atom. The number of hydrogen-bond acceptors (Lipinski definition) is 6. The number of nitrogens with one attached hydrogen (secondary N) is 3. The van der Waals surface area contributed by atoms with Crippen molar-refractivity contribution in [3.8, 4) is 0 Å². The number of ether oxygens (including phenoxy) is 1. The molecule has 0 saturated carbocycles. The fourth-order valence-corrected chi connectivity index (χ4v) is 2.89. The molecule has 0 spiro atoms. The normalized spacial score (nSPS) is 15.1. The zero-order valence-electron chi connectivity index (χ0n) is 18.0. The van der Waals surface area contributed by atoms with Crippen molar-refractivity contribution in [1.29, 1.82) is 0 Å². The van der Waals surface area contributed by atoms with Crippen molar-refractivity contribution >= 4 is 29.5 Å². The Bertz CT molecular complexity index is 492. The molecule has 2 amide bonds. The van der Waals surface area contributed by atoms with Crippen LogP contribution in [-0.2, 0) is 19.1 Å². The van der Waals surface area contributed by atoms with Crippen molar-refractivity contribution < 1.29 is 19.1 Å². The average molecular weight is 404 g/mol. The lowest BCUT2D eigenvalue weighted by molar-refractivity contribution is -0.128. The van der Waals surface area contributed by atoms with E-state index in [2.05, 4.69) is 15.4 Å². The summed E-state index contributed by atoms with van der Waals surface area (Å²) in [5.41, 5.74) is -0.215. The van der Waals surface area contributed by atoms with Crippen LogP contribution >= 0.6 is 11.9 Å². The molecule has 3 unspecified atom stereocenters. The van der Waals surface area contributed by atoms with E-state index < -0.39 is 12.1 Å². The van der Waals surface area contributed by atoms with E-state index in [0.717, 1.165) is 0 Å². The highest BCUT2D eigenvalue weighted by Crippen LogP contribution is 2.13. The molecule has 0 rings (SSSR count). The number of Topliss-reactive ketones (excluding diaryl/α,β-unsaturated/α-hetero) is 1. The minimum absolute atomic E-state index is 0.0306. The fourth-order valence-electron chi connectivity index (χ4n) is 2.30. The highest BCUT2D eigenvalue weighted by molar-refractivity contribution is 7.98. The van der Waals surface area contributed by atoms with Gasteiger partial charge < -0.3 is 15.4 Å². The van der Waals surface area contributed by atoms with E-state index in [1.165, 1.54) is 18.9 Å². The number of hydrogen-bond donors (Lipinski definition) is 3. The third kappa shape index (κ3) is 12.0. The van der Waals surface area contributed by atoms with Gasteiger partial charge in [0.05, 0.1) is 24.3 Å². The quantitative estimate of drug-likeness (QED) is 0.432. The summed E-state index contributed by atoms with van der Waals surface area (Å²) in [6, 6.07) is -0.965. The van der Waals surface area contributed by atoms with Gasteiger partial charge in [-0.2, -0.15) is 0 Å². The maximum Gasteiger partial charge on any atom is 0.246 e. The molecule has 0 radical (unpaired) electrons. The minimum Gasteiger partial charge on any atom is -0.375 e. The molecule has 0 fully saturated rings. The highest BCUT2D eigenvalue weighted by atomic mass is 32.2. The van der Waals surface area contributed by atoms with Crippen LogP contribution in [0.5, 0.6) is 0 Å². The third-order valence-corrected chi connectivity index (χ3v) is 4.72. The second kappa shape index (κ2) is 12.4. The average Bonchev–Trinajstić information content (AvgIpc) is 2.55. The lowest BCUT2D eigenvalue weighted by Gasteiger charge is -2.23. The van der Waals surface area contributed by atoms with Crippen molar-refractivity contribution in [2.45, 2.75) is 84.2 Å². The van der Waals surface area contributed by atoms with Crippen molar-refractivity contribution in [3.05, 3.63) is 0 Å². The Morgan fingerprint density at radius 2 is 1.70 bits per heavy atom. The summed E-state index contributed by atoms with van der Waals surface area (Å²) in [6.07, 6.45) is 0.521. The van der Waals surface area contributed by atoms with E-state index in [-0.39, 0.29) is 40.8 Å². The predicted octanol–water partition coefficient (Wildman–Crippen LogP) is 2.05. The number of ketones is 1. The van der Waals surface area contributed by atoms with E-state index in [1.807, 2.05) is 41.5 Å². The molecule has 7 nitrogen and oxygen atoms in total. The second-order valence-corrected chi connectivity index (χ2v) is 9.34. The molecule has 3 N–H and O–H groups in total. The first-order chi connectivity index (χ1) is 12.4. The van der Waals surface area contributed by atoms with Gasteiger partial charge in [-0.25, -0.2) is 0 Å². The third-order valence-electron chi connectivity index (χ3n) is 3.86. The summed E-state index contributed by atoms with van der Waals surface area (Å²) in [7, 11) is 1.69. The Morgan fingerprint density at radius 1 is 1.11 bits per heavy atom. The number of amides is 2. The molecule has 0 aliphatic rings. The molecule has 8 heteroatoms. The van der Waals surface area contributed by atoms with Crippen LogP contribution in [0.15, 0.2) is 0 Å². The molecule has 158 valence electrons. The summed E-state index contributed by atoms with van der Waals surface area (Å²) >= 11 is 1.31. The van der Waals surface area contributed by atoms with Crippen LogP contribution in [0.25, 0.3) is 0 Å². The fraction of sp³-hybridized carbons (Fsp3) is 0.842. The van der Waals surface area contributed by atoms with Gasteiger partial charge in [-0.1, -0.05) is 13.8 Å². The zero-order valence-corrected chi connectivity index (χ0v) is 18.8. The molecule has 0 saturated heterocycles. The zero-order chi connectivity index (χ0) is 21.2. The van der Waals surface area contributed by atoms with Gasteiger partial charge >= 0.3 is 0 Å². The van der Waals surface area contributed by atoms with Gasteiger partial charge in [0, 0.05) is 11.7 Å². The van der Waals surface area contributed by atoms with Gasteiger partial charge in [-0.15, -0.1) is 0 Å². The van der Waals surface area contributed by atoms with Crippen LogP contribution in [0, 0.1) is 5.92 Å². The van der Waals surface area contributed by atoms with Crippen LogP contribution < -0.4 is 15.4 Å². The van der Waals surface area contributed by atoms with Crippen LogP contribution in [0.4, 0.5) is 0 Å². The summed E-state index contributed by atoms with van der Waals surface area (Å²) in [5.74, 6) is -0.436. The van der Waals surface area contributed by atoms with Gasteiger partial charge in [-0.3, -0.25) is 19.1 Å². The van der Waals surface area contributed by atoms with Crippen molar-refractivity contribution in [2.75, 3.05) is 13.7 Å². The first-order valence-corrected chi connectivity index (χ1v) is 10.3. The monoisotopic (exact) mass is 403 g/mol. The molecule has 3 atom stereocenters. The van der Waals surface area contributed by atoms with Crippen molar-refractivity contribution in [3.63, 3.8) is 0 Å². The molecule has 0 heterocycles. The Labute approximate surface area is 168 Å². The SMILES string of the molecule is CNC(CCC(=O)NC(C(C)=O)C(C)C)C(=O)NSC(C)COC(C)(C)C. The van der Waals surface area contributed by atoms with Crippen LogP contribution in [-0.4, -0.2) is 54.2 Å². The van der Waals surface area contributed by atoms with Crippen molar-refractivity contribution in [2.24, 2.45) is 5.92 Å². The molecule has 0 aromatic carbocycles. The smallest absolute Gasteiger partial charge is 0.246 e. The van der Waals surface area contributed by atoms with Crippen LogP contribution in [0.2, 0.25) is 0 Å². The Kier molecular flexibility index (Phi) is 11.8. The number of carbonyl (C=O) groups is 3. The van der Waals surface area contributed by atoms with Crippen LogP contribution in [0.1, 0.15) is 61.3 Å². The van der Waals surface area contributed by atoms with E-state index in [1.54, 1.807) is 7.05 Å². The summed E-state index contributed by atoms with van der Waals surface area (Å²) in [5, 5.41) is 5.79. The largest absolute Gasteiger partial charge is 0.375 e. The topological polar surface area (TPSA) is 96.5 Å². The lowest BCUT2D eigenvalue weighted by atomic mass is 10.0. The van der Waals surface area contributed by atoms with Crippen molar-refractivity contribution in [1.82, 2.24) is 15.4 Å². The molecule has 27 heavy (non-hydrogen) atoms. The maximum atomic E-state index is 12.3. The van der Waals surface area contributed by atoms with E-state index in [4.69, 9.17) is 4.74 Å². The Hall–Kier alpha value is -1.12. The summed E-state index contributed by atoms with van der Waals surface area (Å²) in [6.45, 7) is 13.7. The van der Waals surface area contributed by atoms with E-state index in [9.17, 15) is 14.4 Å². The van der Waals surface area contributed by atoms with Gasteiger partial charge in [0.25, 0.3) is 0 Å². The molecule has 0 aliphatic heterocycles. The van der Waals surface area contributed by atoms with Gasteiger partial charge in [0.15, 0.2) is 5.78 Å². The van der Waals surface area contributed by atoms with E-state index >= 15 is 0 Å².